The molecule has 0 unspecified atom stereocenters. The third-order valence-corrected chi connectivity index (χ3v) is 14.6. The summed E-state index contributed by atoms with van der Waals surface area (Å²) in [7, 11) is 0. The molecule has 0 aliphatic rings. The third-order valence-electron chi connectivity index (χ3n) is 11.3. The number of nitrogens with zero attached hydrogens (tertiary/aromatic N) is 19. The Morgan fingerprint density at radius 3 is 1.24 bits per heavy atom. The Morgan fingerprint density at radius 1 is 0.429 bits per heavy atom. The van der Waals surface area contributed by atoms with Gasteiger partial charge in [0.1, 0.15) is 28.1 Å². The molecule has 0 spiro atoms. The van der Waals surface area contributed by atoms with Crippen molar-refractivity contribution in [3.8, 4) is 23.3 Å². The van der Waals surface area contributed by atoms with Gasteiger partial charge >= 0.3 is 12.2 Å². The molecule has 14 aromatic rings. The Kier molecular flexibility index (Phi) is 17.5. The van der Waals surface area contributed by atoms with E-state index in [2.05, 4.69) is 161 Å². The SMILES string of the molecule is Brc1cc(-n2ccnn2)nc2[nH]ccc12.Brc1cc(-n2nccn2)nc2[nH]ccc12.Brc1ccnc2[nH]ccc12.CC(C)(C)OC(=O)n1ccc2c(Br)cc(-n3ccnn3)nc21.CC(C)(C)OC(=O)n1ccc2c(Br)cc(-n3nccn3)nc21. The van der Waals surface area contributed by atoms with Crippen LogP contribution in [0.15, 0.2) is 170 Å². The van der Waals surface area contributed by atoms with Crippen molar-refractivity contribution in [1.82, 2.24) is 109 Å². The lowest BCUT2D eigenvalue weighted by atomic mass is 10.2. The minimum Gasteiger partial charge on any atom is -0.443 e. The summed E-state index contributed by atoms with van der Waals surface area (Å²) in [6, 6.07) is 18.9. The van der Waals surface area contributed by atoms with Crippen molar-refractivity contribution in [2.45, 2.75) is 52.7 Å². The fourth-order valence-electron chi connectivity index (χ4n) is 7.69. The second-order valence-electron chi connectivity index (χ2n) is 19.5. The van der Waals surface area contributed by atoms with Crippen LogP contribution in [0.25, 0.3) is 78.4 Å². The number of ether oxygens (including phenoxy) is 2. The van der Waals surface area contributed by atoms with Crippen LogP contribution in [0.4, 0.5) is 9.59 Å². The summed E-state index contributed by atoms with van der Waals surface area (Å²) in [6.07, 6.45) is 22.7. The molecule has 0 bridgehead atoms. The van der Waals surface area contributed by atoms with Crippen molar-refractivity contribution in [3.63, 3.8) is 0 Å². The van der Waals surface area contributed by atoms with E-state index in [0.717, 1.165) is 72.1 Å². The van der Waals surface area contributed by atoms with Crippen LogP contribution in [0.3, 0.4) is 0 Å². The molecule has 14 rings (SSSR count). The molecule has 426 valence electrons. The Labute approximate surface area is 517 Å². The molecule has 84 heavy (non-hydrogen) atoms. The zero-order valence-electron chi connectivity index (χ0n) is 44.9. The zero-order valence-corrected chi connectivity index (χ0v) is 52.8. The van der Waals surface area contributed by atoms with E-state index in [9.17, 15) is 9.59 Å². The first kappa shape index (κ1) is 58.5. The molecule has 0 amide bonds. The van der Waals surface area contributed by atoms with Gasteiger partial charge in [-0.25, -0.2) is 53.0 Å². The van der Waals surface area contributed by atoms with Gasteiger partial charge in [-0.1, -0.05) is 10.4 Å². The Bertz CT molecular complexity index is 4280. The van der Waals surface area contributed by atoms with E-state index in [1.54, 1.807) is 91.0 Å². The first-order valence-corrected chi connectivity index (χ1v) is 28.9. The fraction of sp³-hybridized carbons (Fsp3) is 0.151. The molecular formula is C53H45Br5N22O4. The highest BCUT2D eigenvalue weighted by Crippen LogP contribution is 2.29. The predicted octanol–water partition coefficient (Wildman–Crippen LogP) is 12.5. The monoisotopic (exact) mass is 1450 g/mol. The fourth-order valence-corrected chi connectivity index (χ4v) is 10.2. The van der Waals surface area contributed by atoms with Gasteiger partial charge in [-0.3, -0.25) is 0 Å². The van der Waals surface area contributed by atoms with Gasteiger partial charge in [0.25, 0.3) is 0 Å². The lowest BCUT2D eigenvalue weighted by molar-refractivity contribution is 0.0532. The Morgan fingerprint density at radius 2 is 0.810 bits per heavy atom. The molecule has 0 saturated heterocycles. The second-order valence-corrected chi connectivity index (χ2v) is 23.8. The minimum atomic E-state index is -0.577. The van der Waals surface area contributed by atoms with Crippen LogP contribution in [0.2, 0.25) is 0 Å². The average molecular weight is 1450 g/mol. The number of carbonyl (C=O) groups excluding carboxylic acids is 2. The number of carbonyl (C=O) groups is 2. The van der Waals surface area contributed by atoms with Gasteiger partial charge in [-0.05, 0) is 182 Å². The summed E-state index contributed by atoms with van der Waals surface area (Å²) in [5.74, 6) is 2.48. The molecular weight excluding hydrogens is 1410 g/mol. The van der Waals surface area contributed by atoms with Gasteiger partial charge in [0.15, 0.2) is 34.6 Å². The summed E-state index contributed by atoms with van der Waals surface area (Å²) < 4.78 is 21.3. The van der Waals surface area contributed by atoms with Gasteiger partial charge in [0, 0.05) is 86.5 Å². The maximum absolute atomic E-state index is 12.3. The van der Waals surface area contributed by atoms with Gasteiger partial charge in [-0.15, -0.1) is 19.8 Å². The van der Waals surface area contributed by atoms with E-state index in [-0.39, 0.29) is 0 Å². The molecule has 3 N–H and O–H groups in total. The molecule has 0 atom stereocenters. The summed E-state index contributed by atoms with van der Waals surface area (Å²) in [5, 5.41) is 36.3. The van der Waals surface area contributed by atoms with E-state index in [0.29, 0.717) is 28.7 Å². The standard InChI is InChI=1S/2C14H14BrN5O2.2C9H6BrN5.C7H5BrN2/c1-14(2,3)22-13(21)19-7-4-9-10(15)8-11(18-12(9)19)20-16-5-6-17-20;1-14(2,3)22-13(21)19-6-4-9-10(15)8-11(17-12(9)19)20-7-5-16-18-20;10-7-5-8(15-4-3-12-14-15)13-9-6(7)1-2-11-9;10-7-5-8(15-12-3-4-13-15)14-9-6(7)1-2-11-9;8-6-2-4-10-7-5(6)1-3-9-7/h2*4-8H,1-3H3;1-5H,(H,11,13);1-5H,(H,11,14);1-4H,(H,9,10). The quantitative estimate of drug-likeness (QED) is 0.147. The van der Waals surface area contributed by atoms with E-state index in [1.807, 2.05) is 103 Å². The molecule has 0 saturated carbocycles. The number of fused-ring (bicyclic) bond motifs is 5. The van der Waals surface area contributed by atoms with Crippen LogP contribution in [0, 0.1) is 0 Å². The van der Waals surface area contributed by atoms with Gasteiger partial charge in [0.05, 0.1) is 49.6 Å². The first-order chi connectivity index (χ1) is 40.3. The van der Waals surface area contributed by atoms with Crippen molar-refractivity contribution in [2.24, 2.45) is 0 Å². The van der Waals surface area contributed by atoms with Crippen LogP contribution >= 0.6 is 79.6 Å². The molecule has 0 radical (unpaired) electrons. The van der Waals surface area contributed by atoms with E-state index >= 15 is 0 Å². The lowest BCUT2D eigenvalue weighted by Gasteiger charge is -2.19. The van der Waals surface area contributed by atoms with Gasteiger partial charge in [0.2, 0.25) is 0 Å². The average Bonchev–Trinajstić information content (AvgIpc) is 2.80. The number of aromatic nitrogens is 22. The number of nitrogens with one attached hydrogen (secondary N) is 3. The summed E-state index contributed by atoms with van der Waals surface area (Å²) in [5.41, 5.74) is 2.39. The van der Waals surface area contributed by atoms with E-state index in [4.69, 9.17) is 9.47 Å². The van der Waals surface area contributed by atoms with Gasteiger partial charge < -0.3 is 24.4 Å². The number of aromatic amines is 3. The van der Waals surface area contributed by atoms with Crippen molar-refractivity contribution in [1.29, 1.82) is 0 Å². The number of H-pyrrole nitrogens is 3. The number of pyridine rings is 5. The van der Waals surface area contributed by atoms with E-state index < -0.39 is 23.4 Å². The zero-order chi connectivity index (χ0) is 59.3. The van der Waals surface area contributed by atoms with Crippen LogP contribution < -0.4 is 0 Å². The molecule has 0 aliphatic heterocycles. The summed E-state index contributed by atoms with van der Waals surface area (Å²) in [4.78, 5) is 58.4. The summed E-state index contributed by atoms with van der Waals surface area (Å²) in [6.45, 7) is 10.9. The highest BCUT2D eigenvalue weighted by molar-refractivity contribution is 9.11. The van der Waals surface area contributed by atoms with Crippen LogP contribution in [0.1, 0.15) is 41.5 Å². The van der Waals surface area contributed by atoms with E-state index in [1.165, 1.54) is 23.4 Å². The largest absolute Gasteiger partial charge is 0.443 e. The molecule has 14 heterocycles. The second kappa shape index (κ2) is 25.1. The summed E-state index contributed by atoms with van der Waals surface area (Å²) >= 11 is 17.4. The maximum Gasteiger partial charge on any atom is 0.420 e. The Hall–Kier alpha value is -8.65. The van der Waals surface area contributed by atoms with Crippen molar-refractivity contribution in [2.75, 3.05) is 0 Å². The number of hydrogen-bond donors (Lipinski definition) is 3. The van der Waals surface area contributed by atoms with Crippen LogP contribution in [0.5, 0.6) is 0 Å². The van der Waals surface area contributed by atoms with Crippen molar-refractivity contribution >= 4 is 147 Å². The molecule has 0 aliphatic carbocycles. The molecule has 0 aromatic carbocycles. The molecule has 0 fully saturated rings. The topological polar surface area (TPSA) is 297 Å². The predicted molar refractivity (Wildman–Crippen MR) is 329 cm³/mol. The smallest absolute Gasteiger partial charge is 0.420 e. The maximum atomic E-state index is 12.3. The highest BCUT2D eigenvalue weighted by atomic mass is 79.9. The number of rotatable bonds is 4. The van der Waals surface area contributed by atoms with Crippen LogP contribution in [-0.2, 0) is 9.47 Å². The normalized spacial score (nSPS) is 11.4. The molecule has 26 nitrogen and oxygen atoms in total. The third kappa shape index (κ3) is 13.7. The van der Waals surface area contributed by atoms with Gasteiger partial charge in [-0.2, -0.15) is 20.4 Å². The Balaban J connectivity index is 0.000000120. The first-order valence-electron chi connectivity index (χ1n) is 24.9. The number of halogens is 5. The van der Waals surface area contributed by atoms with Crippen molar-refractivity contribution in [3.05, 3.63) is 170 Å². The number of hydrogen-bond acceptors (Lipinski definition) is 17. The van der Waals surface area contributed by atoms with Crippen LogP contribution in [-0.4, -0.2) is 132 Å². The molecule has 14 aromatic heterocycles. The lowest BCUT2D eigenvalue weighted by Crippen LogP contribution is -2.27. The highest BCUT2D eigenvalue weighted by Gasteiger charge is 2.23. The molecule has 31 heteroatoms. The van der Waals surface area contributed by atoms with Crippen molar-refractivity contribution < 1.29 is 19.1 Å². The minimum absolute atomic E-state index is 0.474.